The lowest BCUT2D eigenvalue weighted by Crippen LogP contribution is -2.45. The van der Waals surface area contributed by atoms with Crippen LogP contribution in [0.15, 0.2) is 6.20 Å². The van der Waals surface area contributed by atoms with Gasteiger partial charge in [0.1, 0.15) is 0 Å². The summed E-state index contributed by atoms with van der Waals surface area (Å²) in [6, 6.07) is 0. The Morgan fingerprint density at radius 3 is 2.83 bits per heavy atom. The Hall–Kier alpha value is -1.20. The molecule has 0 aliphatic carbocycles. The van der Waals surface area contributed by atoms with Crippen molar-refractivity contribution in [3.63, 3.8) is 0 Å². The van der Waals surface area contributed by atoms with Crippen molar-refractivity contribution < 1.29 is 0 Å². The average Bonchev–Trinajstić information content (AvgIpc) is 2.40. The molecule has 5 nitrogen and oxygen atoms in total. The molecule has 0 spiro atoms. The predicted molar refractivity (Wildman–Crippen MR) is 73.9 cm³/mol. The predicted octanol–water partition coefficient (Wildman–Crippen LogP) is 0.665. The number of aromatic nitrogens is 2. The molecule has 1 aliphatic heterocycles. The molecule has 0 bridgehead atoms. The van der Waals surface area contributed by atoms with E-state index in [0.29, 0.717) is 0 Å². The summed E-state index contributed by atoms with van der Waals surface area (Å²) in [4.78, 5) is 11.3. The van der Waals surface area contributed by atoms with Crippen molar-refractivity contribution in [2.24, 2.45) is 0 Å². The van der Waals surface area contributed by atoms with E-state index in [0.717, 1.165) is 57.3 Å². The lowest BCUT2D eigenvalue weighted by molar-refractivity contribution is 0.249. The van der Waals surface area contributed by atoms with Crippen molar-refractivity contribution in [1.82, 2.24) is 20.2 Å². The summed E-state index contributed by atoms with van der Waals surface area (Å²) >= 11 is 0. The maximum atomic E-state index is 4.47. The SMILES string of the molecule is CCc1cnc(NCCN2CCNCC2)nc1C. The average molecular weight is 249 g/mol. The van der Waals surface area contributed by atoms with Gasteiger partial charge in [-0.25, -0.2) is 9.97 Å². The molecule has 0 atom stereocenters. The van der Waals surface area contributed by atoms with E-state index in [1.54, 1.807) is 0 Å². The number of nitrogens with zero attached hydrogens (tertiary/aromatic N) is 3. The minimum atomic E-state index is 0.750. The molecule has 2 heterocycles. The first kappa shape index (κ1) is 13.2. The second-order valence-corrected chi connectivity index (χ2v) is 4.68. The molecule has 0 amide bonds. The fourth-order valence-corrected chi connectivity index (χ4v) is 2.18. The normalized spacial score (nSPS) is 16.8. The van der Waals surface area contributed by atoms with Crippen LogP contribution >= 0.6 is 0 Å². The summed E-state index contributed by atoms with van der Waals surface area (Å²) in [5.41, 5.74) is 2.31. The minimum Gasteiger partial charge on any atom is -0.353 e. The number of piperazine rings is 1. The molecule has 1 aromatic heterocycles. The number of hydrogen-bond donors (Lipinski definition) is 2. The van der Waals surface area contributed by atoms with Crippen molar-refractivity contribution in [1.29, 1.82) is 0 Å². The third kappa shape index (κ3) is 3.65. The molecular weight excluding hydrogens is 226 g/mol. The van der Waals surface area contributed by atoms with Crippen LogP contribution in [0.4, 0.5) is 5.95 Å². The number of aryl methyl sites for hydroxylation is 2. The molecule has 1 fully saturated rings. The maximum Gasteiger partial charge on any atom is 0.222 e. The lowest BCUT2D eigenvalue weighted by atomic mass is 10.2. The van der Waals surface area contributed by atoms with Gasteiger partial charge in [-0.2, -0.15) is 0 Å². The summed E-state index contributed by atoms with van der Waals surface area (Å²) < 4.78 is 0. The van der Waals surface area contributed by atoms with E-state index in [1.807, 2.05) is 13.1 Å². The molecule has 0 saturated carbocycles. The Morgan fingerprint density at radius 2 is 2.17 bits per heavy atom. The summed E-state index contributed by atoms with van der Waals surface area (Å²) in [6.45, 7) is 10.6. The molecule has 2 rings (SSSR count). The zero-order valence-electron chi connectivity index (χ0n) is 11.4. The first-order valence-electron chi connectivity index (χ1n) is 6.79. The van der Waals surface area contributed by atoms with E-state index in [4.69, 9.17) is 0 Å². The van der Waals surface area contributed by atoms with Crippen LogP contribution < -0.4 is 10.6 Å². The molecule has 5 heteroatoms. The Bertz CT molecular complexity index is 374. The quantitative estimate of drug-likeness (QED) is 0.803. The van der Waals surface area contributed by atoms with E-state index in [-0.39, 0.29) is 0 Å². The highest BCUT2D eigenvalue weighted by Gasteiger charge is 2.08. The molecule has 1 aromatic rings. The van der Waals surface area contributed by atoms with Crippen LogP contribution in [0.1, 0.15) is 18.2 Å². The van der Waals surface area contributed by atoms with Crippen LogP contribution in [0.2, 0.25) is 0 Å². The molecule has 0 unspecified atom stereocenters. The molecule has 1 saturated heterocycles. The van der Waals surface area contributed by atoms with Gasteiger partial charge in [0.15, 0.2) is 0 Å². The van der Waals surface area contributed by atoms with Crippen LogP contribution in [0.5, 0.6) is 0 Å². The fourth-order valence-electron chi connectivity index (χ4n) is 2.18. The van der Waals surface area contributed by atoms with Crippen molar-refractivity contribution in [3.05, 3.63) is 17.5 Å². The van der Waals surface area contributed by atoms with Crippen molar-refractivity contribution >= 4 is 5.95 Å². The number of nitrogens with one attached hydrogen (secondary N) is 2. The van der Waals surface area contributed by atoms with Crippen molar-refractivity contribution in [3.8, 4) is 0 Å². The molecule has 0 radical (unpaired) electrons. The third-order valence-corrected chi connectivity index (χ3v) is 3.38. The highest BCUT2D eigenvalue weighted by atomic mass is 15.2. The summed E-state index contributed by atoms with van der Waals surface area (Å²) in [6.07, 6.45) is 2.92. The largest absolute Gasteiger partial charge is 0.353 e. The molecule has 100 valence electrons. The van der Waals surface area contributed by atoms with E-state index in [9.17, 15) is 0 Å². The standard InChI is InChI=1S/C13H23N5/c1-3-12-10-16-13(17-11(12)2)15-6-9-18-7-4-14-5-8-18/h10,14H,3-9H2,1-2H3,(H,15,16,17). The van der Waals surface area contributed by atoms with Crippen LogP contribution in [-0.4, -0.2) is 54.1 Å². The van der Waals surface area contributed by atoms with E-state index < -0.39 is 0 Å². The zero-order valence-corrected chi connectivity index (χ0v) is 11.4. The lowest BCUT2D eigenvalue weighted by Gasteiger charge is -2.27. The molecule has 0 aromatic carbocycles. The second-order valence-electron chi connectivity index (χ2n) is 4.68. The number of hydrogen-bond acceptors (Lipinski definition) is 5. The van der Waals surface area contributed by atoms with Gasteiger partial charge in [-0.15, -0.1) is 0 Å². The van der Waals surface area contributed by atoms with Gasteiger partial charge in [0.25, 0.3) is 0 Å². The first-order valence-corrected chi connectivity index (χ1v) is 6.79. The van der Waals surface area contributed by atoms with E-state index >= 15 is 0 Å². The van der Waals surface area contributed by atoms with Gasteiger partial charge in [0.2, 0.25) is 5.95 Å². The van der Waals surface area contributed by atoms with Gasteiger partial charge in [-0.3, -0.25) is 4.90 Å². The van der Waals surface area contributed by atoms with Gasteiger partial charge >= 0.3 is 0 Å². The second kappa shape index (κ2) is 6.66. The van der Waals surface area contributed by atoms with E-state index in [2.05, 4.69) is 32.4 Å². The maximum absolute atomic E-state index is 4.47. The molecule has 2 N–H and O–H groups in total. The monoisotopic (exact) mass is 249 g/mol. The van der Waals surface area contributed by atoms with Crippen LogP contribution in [-0.2, 0) is 6.42 Å². The highest BCUT2D eigenvalue weighted by Crippen LogP contribution is 2.07. The highest BCUT2D eigenvalue weighted by molar-refractivity contribution is 5.28. The number of anilines is 1. The topological polar surface area (TPSA) is 53.1 Å². The van der Waals surface area contributed by atoms with Gasteiger partial charge in [0, 0.05) is 51.2 Å². The Morgan fingerprint density at radius 1 is 1.39 bits per heavy atom. The smallest absolute Gasteiger partial charge is 0.222 e. The zero-order chi connectivity index (χ0) is 12.8. The molecular formula is C13H23N5. The van der Waals surface area contributed by atoms with Crippen molar-refractivity contribution in [2.45, 2.75) is 20.3 Å². The Labute approximate surface area is 109 Å². The number of rotatable bonds is 5. The Balaban J connectivity index is 1.77. The Kier molecular flexibility index (Phi) is 4.90. The van der Waals surface area contributed by atoms with Crippen molar-refractivity contribution in [2.75, 3.05) is 44.6 Å². The van der Waals surface area contributed by atoms with Crippen LogP contribution in [0, 0.1) is 6.92 Å². The van der Waals surface area contributed by atoms with Crippen LogP contribution in [0.25, 0.3) is 0 Å². The fraction of sp³-hybridized carbons (Fsp3) is 0.692. The van der Waals surface area contributed by atoms with Crippen LogP contribution in [0.3, 0.4) is 0 Å². The molecule has 18 heavy (non-hydrogen) atoms. The van der Waals surface area contributed by atoms with Gasteiger partial charge in [-0.05, 0) is 18.9 Å². The summed E-state index contributed by atoms with van der Waals surface area (Å²) in [5, 5.41) is 6.66. The summed E-state index contributed by atoms with van der Waals surface area (Å²) in [5.74, 6) is 0.750. The van der Waals surface area contributed by atoms with Gasteiger partial charge < -0.3 is 10.6 Å². The first-order chi connectivity index (χ1) is 8.79. The van der Waals surface area contributed by atoms with Gasteiger partial charge in [0.05, 0.1) is 0 Å². The van der Waals surface area contributed by atoms with Gasteiger partial charge in [-0.1, -0.05) is 6.92 Å². The molecule has 1 aliphatic rings. The van der Waals surface area contributed by atoms with E-state index in [1.165, 1.54) is 5.56 Å². The summed E-state index contributed by atoms with van der Waals surface area (Å²) in [7, 11) is 0. The minimum absolute atomic E-state index is 0.750. The third-order valence-electron chi connectivity index (χ3n) is 3.38.